The number of thiophene rings is 1. The van der Waals surface area contributed by atoms with Crippen molar-refractivity contribution >= 4 is 34.7 Å². The van der Waals surface area contributed by atoms with Gasteiger partial charge in [0, 0.05) is 29.6 Å². The van der Waals surface area contributed by atoms with Gasteiger partial charge in [-0.05, 0) is 30.7 Å². The summed E-state index contributed by atoms with van der Waals surface area (Å²) in [6, 6.07) is 0.162. The van der Waals surface area contributed by atoms with Crippen LogP contribution in [0.1, 0.15) is 62.3 Å². The number of hydrogen-bond donors (Lipinski definition) is 1. The molecule has 4 heterocycles. The highest BCUT2D eigenvalue weighted by Crippen LogP contribution is 2.44. The average molecular weight is 391 g/mol. The van der Waals surface area contributed by atoms with E-state index in [0.29, 0.717) is 4.34 Å². The fourth-order valence-electron chi connectivity index (χ4n) is 3.88. The quantitative estimate of drug-likeness (QED) is 0.737. The molecule has 2 aromatic heterocycles. The van der Waals surface area contributed by atoms with Crippen LogP contribution in [0.5, 0.6) is 0 Å². The average Bonchev–Trinajstić information content (AvgIpc) is 3.06. The molecule has 2 atom stereocenters. The molecule has 2 aliphatic rings. The topological polar surface area (TPSA) is 58.1 Å². The molecule has 0 aromatic carbocycles. The van der Waals surface area contributed by atoms with E-state index in [1.54, 1.807) is 0 Å². The second kappa shape index (κ2) is 6.20. The lowest BCUT2D eigenvalue weighted by Gasteiger charge is -2.36. The summed E-state index contributed by atoms with van der Waals surface area (Å²) in [5.41, 5.74) is 3.85. The highest BCUT2D eigenvalue weighted by molar-refractivity contribution is 7.15. The zero-order valence-electron chi connectivity index (χ0n) is 15.5. The molecule has 1 fully saturated rings. The van der Waals surface area contributed by atoms with Crippen LogP contribution in [0.2, 0.25) is 4.34 Å². The summed E-state index contributed by atoms with van der Waals surface area (Å²) < 4.78 is 0.624. The van der Waals surface area contributed by atoms with Gasteiger partial charge in [-0.1, -0.05) is 32.4 Å². The number of urea groups is 1. The van der Waals surface area contributed by atoms with Crippen molar-refractivity contribution in [3.8, 4) is 0 Å². The van der Waals surface area contributed by atoms with Crippen molar-refractivity contribution in [1.82, 2.24) is 14.9 Å². The number of nitrogens with zero attached hydrogens (tertiary/aromatic N) is 3. The SMILES string of the molecule is Cc1csc(Cl)c1NC(=O)N1C2CCC1c1cnc(C(C)(C)C)nc1C2. The highest BCUT2D eigenvalue weighted by Gasteiger charge is 2.44. The molecule has 5 nitrogen and oxygen atoms in total. The van der Waals surface area contributed by atoms with E-state index in [4.69, 9.17) is 16.6 Å². The number of carbonyl (C=O) groups is 1. The van der Waals surface area contributed by atoms with Crippen LogP contribution in [-0.4, -0.2) is 26.9 Å². The number of anilines is 1. The number of amides is 2. The maximum absolute atomic E-state index is 13.0. The van der Waals surface area contributed by atoms with Gasteiger partial charge in [0.15, 0.2) is 0 Å². The number of halogens is 1. The number of aromatic nitrogens is 2. The molecule has 1 N–H and O–H groups in total. The van der Waals surface area contributed by atoms with Crippen molar-refractivity contribution in [1.29, 1.82) is 0 Å². The molecule has 26 heavy (non-hydrogen) atoms. The molecule has 0 spiro atoms. The Morgan fingerprint density at radius 3 is 2.81 bits per heavy atom. The lowest BCUT2D eigenvalue weighted by atomic mass is 9.93. The van der Waals surface area contributed by atoms with Gasteiger partial charge >= 0.3 is 6.03 Å². The number of hydrogen-bond acceptors (Lipinski definition) is 4. The molecular weight excluding hydrogens is 368 g/mol. The van der Waals surface area contributed by atoms with Crippen molar-refractivity contribution in [2.24, 2.45) is 0 Å². The normalized spacial score (nSPS) is 21.7. The Balaban J connectivity index is 1.62. The van der Waals surface area contributed by atoms with E-state index in [-0.39, 0.29) is 23.5 Å². The van der Waals surface area contributed by atoms with E-state index in [2.05, 4.69) is 31.1 Å². The zero-order valence-corrected chi connectivity index (χ0v) is 17.0. The first-order valence-electron chi connectivity index (χ1n) is 8.95. The zero-order chi connectivity index (χ0) is 18.6. The van der Waals surface area contributed by atoms with Gasteiger partial charge in [-0.3, -0.25) is 0 Å². The van der Waals surface area contributed by atoms with Crippen LogP contribution in [0.15, 0.2) is 11.6 Å². The predicted octanol–water partition coefficient (Wildman–Crippen LogP) is 5.09. The van der Waals surface area contributed by atoms with Crippen molar-refractivity contribution in [2.45, 2.75) is 64.5 Å². The second-order valence-corrected chi connectivity index (χ2v) is 9.68. The van der Waals surface area contributed by atoms with Crippen LogP contribution >= 0.6 is 22.9 Å². The van der Waals surface area contributed by atoms with Crippen molar-refractivity contribution in [2.75, 3.05) is 5.32 Å². The maximum atomic E-state index is 13.0. The van der Waals surface area contributed by atoms with Gasteiger partial charge in [-0.15, -0.1) is 11.3 Å². The Hall–Kier alpha value is -1.66. The monoisotopic (exact) mass is 390 g/mol. The largest absolute Gasteiger partial charge is 0.322 e. The molecule has 1 saturated heterocycles. The Bertz CT molecular complexity index is 853. The molecule has 2 aromatic rings. The minimum Gasteiger partial charge on any atom is -0.314 e. The summed E-state index contributed by atoms with van der Waals surface area (Å²) in [6.45, 7) is 8.33. The lowest BCUT2D eigenvalue weighted by molar-refractivity contribution is 0.178. The van der Waals surface area contributed by atoms with Gasteiger partial charge in [-0.25, -0.2) is 14.8 Å². The molecule has 138 valence electrons. The Morgan fingerprint density at radius 1 is 1.38 bits per heavy atom. The van der Waals surface area contributed by atoms with Crippen LogP contribution in [0.3, 0.4) is 0 Å². The van der Waals surface area contributed by atoms with E-state index in [0.717, 1.165) is 47.6 Å². The van der Waals surface area contributed by atoms with Gasteiger partial charge in [0.2, 0.25) is 0 Å². The molecular formula is C19H23ClN4OS. The van der Waals surface area contributed by atoms with Crippen LogP contribution in [-0.2, 0) is 11.8 Å². The smallest absolute Gasteiger partial charge is 0.314 e. The van der Waals surface area contributed by atoms with Gasteiger partial charge in [0.1, 0.15) is 10.2 Å². The van der Waals surface area contributed by atoms with Gasteiger partial charge in [0.05, 0.1) is 17.4 Å². The minimum absolute atomic E-state index is 0.0514. The molecule has 0 saturated carbocycles. The number of fused-ring (bicyclic) bond motifs is 4. The lowest BCUT2D eigenvalue weighted by Crippen LogP contribution is -2.44. The fourth-order valence-corrected chi connectivity index (χ4v) is 4.94. The molecule has 7 heteroatoms. The molecule has 0 radical (unpaired) electrons. The summed E-state index contributed by atoms with van der Waals surface area (Å²) in [5.74, 6) is 0.870. The van der Waals surface area contributed by atoms with Crippen molar-refractivity contribution in [3.63, 3.8) is 0 Å². The molecule has 2 bridgehead atoms. The second-order valence-electron chi connectivity index (χ2n) is 8.20. The first-order valence-corrected chi connectivity index (χ1v) is 10.2. The first-order chi connectivity index (χ1) is 12.3. The molecule has 2 amide bonds. The summed E-state index contributed by atoms with van der Waals surface area (Å²) in [5, 5.41) is 4.98. The molecule has 4 rings (SSSR count). The third-order valence-electron chi connectivity index (χ3n) is 5.26. The predicted molar refractivity (Wildman–Crippen MR) is 105 cm³/mol. The van der Waals surface area contributed by atoms with E-state index in [1.807, 2.05) is 23.4 Å². The summed E-state index contributed by atoms with van der Waals surface area (Å²) >= 11 is 7.66. The van der Waals surface area contributed by atoms with E-state index in [1.165, 1.54) is 11.3 Å². The van der Waals surface area contributed by atoms with E-state index in [9.17, 15) is 4.79 Å². The Kier molecular flexibility index (Phi) is 4.23. The minimum atomic E-state index is -0.0774. The van der Waals surface area contributed by atoms with Gasteiger partial charge < -0.3 is 10.2 Å². The number of rotatable bonds is 1. The van der Waals surface area contributed by atoms with E-state index < -0.39 is 0 Å². The molecule has 2 aliphatic heterocycles. The maximum Gasteiger partial charge on any atom is 0.322 e. The Morgan fingerprint density at radius 2 is 2.15 bits per heavy atom. The summed E-state index contributed by atoms with van der Waals surface area (Å²) in [6.07, 6.45) is 4.68. The fraction of sp³-hybridized carbons (Fsp3) is 0.526. The van der Waals surface area contributed by atoms with Crippen LogP contribution in [0, 0.1) is 6.92 Å². The van der Waals surface area contributed by atoms with E-state index >= 15 is 0 Å². The van der Waals surface area contributed by atoms with Crippen LogP contribution in [0.25, 0.3) is 0 Å². The molecule has 0 aliphatic carbocycles. The molecule has 2 unspecified atom stereocenters. The highest BCUT2D eigenvalue weighted by atomic mass is 35.5. The summed E-state index contributed by atoms with van der Waals surface area (Å²) in [7, 11) is 0. The Labute approximate surface area is 162 Å². The first kappa shape index (κ1) is 17.7. The number of aryl methyl sites for hydroxylation is 1. The van der Waals surface area contributed by atoms with Gasteiger partial charge in [0.25, 0.3) is 0 Å². The van der Waals surface area contributed by atoms with Gasteiger partial charge in [-0.2, -0.15) is 0 Å². The number of carbonyl (C=O) groups excluding carboxylic acids is 1. The van der Waals surface area contributed by atoms with Crippen molar-refractivity contribution in [3.05, 3.63) is 38.6 Å². The number of nitrogens with one attached hydrogen (secondary N) is 1. The van der Waals surface area contributed by atoms with Crippen LogP contribution in [0.4, 0.5) is 10.5 Å². The van der Waals surface area contributed by atoms with Crippen LogP contribution < -0.4 is 5.32 Å². The third kappa shape index (κ3) is 2.89. The third-order valence-corrected chi connectivity index (χ3v) is 6.60. The standard InChI is InChI=1S/C19H23ClN4OS/c1-10-9-26-16(20)15(10)23-18(25)24-11-5-6-14(24)12-8-21-17(19(2,3)4)22-13(12)7-11/h8-9,11,14H,5-7H2,1-4H3,(H,23,25). The summed E-state index contributed by atoms with van der Waals surface area (Å²) in [4.78, 5) is 24.4. The van der Waals surface area contributed by atoms with Crippen molar-refractivity contribution < 1.29 is 4.79 Å².